The SMILES string of the molecule is O=S(=O)(CC(F)(F)F)N(Cc1ccccn1)c1ccc(Oc2ccc3c(c2)OCO3)cc1. The lowest BCUT2D eigenvalue weighted by molar-refractivity contribution is -0.106. The first-order valence-electron chi connectivity index (χ1n) is 9.34. The van der Waals surface area contributed by atoms with Crippen LogP contribution in [0.1, 0.15) is 5.69 Å². The van der Waals surface area contributed by atoms with Crippen LogP contribution >= 0.6 is 0 Å². The van der Waals surface area contributed by atoms with Crippen molar-refractivity contribution in [2.45, 2.75) is 12.7 Å². The highest BCUT2D eigenvalue weighted by Crippen LogP contribution is 2.37. The second-order valence-electron chi connectivity index (χ2n) is 6.81. The van der Waals surface area contributed by atoms with Gasteiger partial charge in [-0.15, -0.1) is 0 Å². The largest absolute Gasteiger partial charge is 0.457 e. The minimum Gasteiger partial charge on any atom is -0.457 e. The minimum atomic E-state index is -4.89. The Morgan fingerprint density at radius 1 is 0.969 bits per heavy atom. The molecule has 0 bridgehead atoms. The first kappa shape index (κ1) is 21.8. The van der Waals surface area contributed by atoms with Crippen molar-refractivity contribution < 1.29 is 35.8 Å². The zero-order chi connectivity index (χ0) is 22.8. The average Bonchev–Trinajstić information content (AvgIpc) is 3.20. The standard InChI is InChI=1S/C21H17F3N2O5S/c22-21(23,24)13-32(27,28)26(12-15-3-1-2-10-25-15)16-4-6-17(7-5-16)31-18-8-9-19-20(11-18)30-14-29-19/h1-11H,12-14H2. The highest BCUT2D eigenvalue weighted by molar-refractivity contribution is 7.92. The monoisotopic (exact) mass is 466 g/mol. The summed E-state index contributed by atoms with van der Waals surface area (Å²) in [6.07, 6.45) is -3.45. The summed E-state index contributed by atoms with van der Waals surface area (Å²) in [5.41, 5.74) is 0.358. The second-order valence-corrected chi connectivity index (χ2v) is 8.70. The van der Waals surface area contributed by atoms with Gasteiger partial charge in [-0.2, -0.15) is 13.2 Å². The van der Waals surface area contributed by atoms with E-state index in [2.05, 4.69) is 4.98 Å². The zero-order valence-electron chi connectivity index (χ0n) is 16.4. The van der Waals surface area contributed by atoms with Crippen LogP contribution < -0.4 is 18.5 Å². The van der Waals surface area contributed by atoms with Crippen LogP contribution in [0.2, 0.25) is 0 Å². The van der Waals surface area contributed by atoms with E-state index in [9.17, 15) is 21.6 Å². The van der Waals surface area contributed by atoms with Crippen molar-refractivity contribution in [3.63, 3.8) is 0 Å². The molecule has 0 saturated carbocycles. The van der Waals surface area contributed by atoms with Gasteiger partial charge in [0.1, 0.15) is 11.5 Å². The molecule has 0 atom stereocenters. The van der Waals surface area contributed by atoms with E-state index in [0.29, 0.717) is 33.0 Å². The number of aromatic nitrogens is 1. The van der Waals surface area contributed by atoms with Crippen LogP contribution in [0, 0.1) is 0 Å². The number of hydrogen-bond donors (Lipinski definition) is 0. The van der Waals surface area contributed by atoms with E-state index in [1.54, 1.807) is 30.3 Å². The number of hydrogen-bond acceptors (Lipinski definition) is 6. The van der Waals surface area contributed by atoms with Crippen LogP contribution in [-0.4, -0.2) is 32.1 Å². The molecule has 168 valence electrons. The molecule has 0 saturated heterocycles. The fraction of sp³-hybridized carbons (Fsp3) is 0.190. The molecule has 0 unspecified atom stereocenters. The Morgan fingerprint density at radius 2 is 1.69 bits per heavy atom. The molecule has 0 spiro atoms. The predicted octanol–water partition coefficient (Wildman–Crippen LogP) is 4.50. The molecule has 1 aromatic heterocycles. The van der Waals surface area contributed by atoms with Gasteiger partial charge in [0, 0.05) is 12.3 Å². The summed E-state index contributed by atoms with van der Waals surface area (Å²) in [5, 5.41) is 0. The molecule has 2 heterocycles. The van der Waals surface area contributed by atoms with E-state index < -0.39 is 22.0 Å². The number of benzene rings is 2. The van der Waals surface area contributed by atoms with E-state index in [0.717, 1.165) is 0 Å². The van der Waals surface area contributed by atoms with Crippen LogP contribution in [0.15, 0.2) is 66.9 Å². The molecule has 0 amide bonds. The summed E-state index contributed by atoms with van der Waals surface area (Å²) >= 11 is 0. The maximum absolute atomic E-state index is 12.9. The van der Waals surface area contributed by atoms with Gasteiger partial charge < -0.3 is 14.2 Å². The van der Waals surface area contributed by atoms with E-state index in [-0.39, 0.29) is 19.0 Å². The lowest BCUT2D eigenvalue weighted by Gasteiger charge is -2.25. The van der Waals surface area contributed by atoms with Gasteiger partial charge >= 0.3 is 6.18 Å². The number of halogens is 3. The Labute approximate surface area is 182 Å². The van der Waals surface area contributed by atoms with Gasteiger partial charge in [-0.05, 0) is 48.5 Å². The van der Waals surface area contributed by atoms with E-state index in [4.69, 9.17) is 14.2 Å². The fourth-order valence-corrected chi connectivity index (χ4v) is 4.37. The first-order valence-corrected chi connectivity index (χ1v) is 11.0. The van der Waals surface area contributed by atoms with Crippen molar-refractivity contribution in [1.82, 2.24) is 4.98 Å². The smallest absolute Gasteiger partial charge is 0.404 e. The number of anilines is 1. The molecule has 32 heavy (non-hydrogen) atoms. The third kappa shape index (κ3) is 5.22. The Morgan fingerprint density at radius 3 is 2.38 bits per heavy atom. The van der Waals surface area contributed by atoms with Crippen LogP contribution in [0.25, 0.3) is 0 Å². The van der Waals surface area contributed by atoms with Crippen LogP contribution in [0.4, 0.5) is 18.9 Å². The van der Waals surface area contributed by atoms with Crippen LogP contribution in [0.3, 0.4) is 0 Å². The summed E-state index contributed by atoms with van der Waals surface area (Å²) in [6.45, 7) is -0.229. The maximum atomic E-state index is 12.9. The third-order valence-corrected chi connectivity index (χ3v) is 6.12. The summed E-state index contributed by atoms with van der Waals surface area (Å²) in [4.78, 5) is 4.02. The third-order valence-electron chi connectivity index (χ3n) is 4.42. The number of ether oxygens (including phenoxy) is 3. The van der Waals surface area contributed by atoms with Gasteiger partial charge in [-0.25, -0.2) is 8.42 Å². The minimum absolute atomic E-state index is 0.0536. The molecule has 11 heteroatoms. The summed E-state index contributed by atoms with van der Waals surface area (Å²) in [6, 6.07) is 15.5. The highest BCUT2D eigenvalue weighted by atomic mass is 32.2. The fourth-order valence-electron chi connectivity index (χ4n) is 3.03. The second kappa shape index (κ2) is 8.58. The van der Waals surface area contributed by atoms with E-state index in [1.165, 1.54) is 36.5 Å². The first-order chi connectivity index (χ1) is 15.2. The molecule has 0 N–H and O–H groups in total. The Bertz CT molecular complexity index is 1190. The zero-order valence-corrected chi connectivity index (χ0v) is 17.3. The quantitative estimate of drug-likeness (QED) is 0.510. The molecule has 1 aliphatic heterocycles. The molecular formula is C21H17F3N2O5S. The molecule has 0 fully saturated rings. The number of alkyl halides is 3. The van der Waals surface area contributed by atoms with Gasteiger partial charge in [-0.1, -0.05) is 6.07 Å². The van der Waals surface area contributed by atoms with Crippen molar-refractivity contribution in [3.05, 3.63) is 72.6 Å². The lowest BCUT2D eigenvalue weighted by Crippen LogP contribution is -2.37. The average molecular weight is 466 g/mol. The predicted molar refractivity (Wildman–Crippen MR) is 109 cm³/mol. The van der Waals surface area contributed by atoms with Gasteiger partial charge in [-0.3, -0.25) is 9.29 Å². The number of rotatable bonds is 7. The van der Waals surface area contributed by atoms with Crippen molar-refractivity contribution in [2.75, 3.05) is 16.9 Å². The van der Waals surface area contributed by atoms with Gasteiger partial charge in [0.25, 0.3) is 0 Å². The van der Waals surface area contributed by atoms with E-state index in [1.807, 2.05) is 0 Å². The topological polar surface area (TPSA) is 78.0 Å². The maximum Gasteiger partial charge on any atom is 0.404 e. The molecule has 0 radical (unpaired) electrons. The molecule has 7 nitrogen and oxygen atoms in total. The summed E-state index contributed by atoms with van der Waals surface area (Å²) < 4.78 is 80.8. The molecule has 2 aromatic carbocycles. The number of nitrogens with zero attached hydrogens (tertiary/aromatic N) is 2. The molecule has 3 aromatic rings. The van der Waals surface area contributed by atoms with E-state index >= 15 is 0 Å². The number of fused-ring (bicyclic) bond motifs is 1. The lowest BCUT2D eigenvalue weighted by atomic mass is 10.2. The Kier molecular flexibility index (Phi) is 5.83. The molecule has 1 aliphatic rings. The number of pyridine rings is 1. The van der Waals surface area contributed by atoms with Crippen LogP contribution in [0.5, 0.6) is 23.0 Å². The van der Waals surface area contributed by atoms with Gasteiger partial charge in [0.05, 0.1) is 17.9 Å². The Balaban J connectivity index is 1.58. The molecular weight excluding hydrogens is 449 g/mol. The Hall–Kier alpha value is -3.47. The van der Waals surface area contributed by atoms with Crippen molar-refractivity contribution in [2.24, 2.45) is 0 Å². The number of sulfonamides is 1. The highest BCUT2D eigenvalue weighted by Gasteiger charge is 2.38. The normalized spacial score (nSPS) is 13.1. The van der Waals surface area contributed by atoms with Crippen molar-refractivity contribution >= 4 is 15.7 Å². The van der Waals surface area contributed by atoms with Gasteiger partial charge in [0.15, 0.2) is 17.3 Å². The molecule has 4 rings (SSSR count). The summed E-state index contributed by atoms with van der Waals surface area (Å²) in [5.74, 6) is -0.0512. The molecule has 0 aliphatic carbocycles. The van der Waals surface area contributed by atoms with Crippen LogP contribution in [-0.2, 0) is 16.6 Å². The van der Waals surface area contributed by atoms with Crippen molar-refractivity contribution in [1.29, 1.82) is 0 Å². The van der Waals surface area contributed by atoms with Crippen molar-refractivity contribution in [3.8, 4) is 23.0 Å². The van der Waals surface area contributed by atoms with Gasteiger partial charge in [0.2, 0.25) is 16.8 Å². The summed E-state index contributed by atoms with van der Waals surface area (Å²) in [7, 11) is -4.71.